The number of para-hydroxylation sites is 1. The molecule has 2 aromatic rings. The lowest BCUT2D eigenvalue weighted by molar-refractivity contribution is -0.136. The van der Waals surface area contributed by atoms with Crippen molar-refractivity contribution < 1.29 is 14.3 Å². The second-order valence-corrected chi connectivity index (χ2v) is 6.41. The number of rotatable bonds is 7. The molecule has 0 radical (unpaired) electrons. The number of amides is 2. The highest BCUT2D eigenvalue weighted by Gasteiger charge is 2.17. The Balaban J connectivity index is 1.93. The number of nitrogens with zero attached hydrogens (tertiary/aromatic N) is 1. The number of benzene rings is 2. The van der Waals surface area contributed by atoms with Gasteiger partial charge in [-0.3, -0.25) is 9.59 Å². The quantitative estimate of drug-likeness (QED) is 0.801. The summed E-state index contributed by atoms with van der Waals surface area (Å²) >= 11 is 5.96. The third-order valence-electron chi connectivity index (χ3n) is 3.99. The van der Waals surface area contributed by atoms with Crippen LogP contribution < -0.4 is 10.1 Å². The number of anilines is 1. The summed E-state index contributed by atoms with van der Waals surface area (Å²) in [4.78, 5) is 26.1. The van der Waals surface area contributed by atoms with E-state index < -0.39 is 0 Å². The molecule has 2 amide bonds. The average molecular weight is 375 g/mol. The number of hydrogen-bond donors (Lipinski definition) is 1. The average Bonchev–Trinajstić information content (AvgIpc) is 2.61. The van der Waals surface area contributed by atoms with E-state index in [1.54, 1.807) is 12.1 Å². The van der Waals surface area contributed by atoms with Crippen molar-refractivity contribution in [1.29, 1.82) is 0 Å². The smallest absolute Gasteiger partial charge is 0.260 e. The van der Waals surface area contributed by atoms with Gasteiger partial charge in [0.1, 0.15) is 5.75 Å². The SMILES string of the molecule is CCN(CC(=O)Nc1cc(Cl)ccc1C)C(=O)COc1ccccc1C. The minimum absolute atomic E-state index is 0.0432. The van der Waals surface area contributed by atoms with Crippen LogP contribution in [0.3, 0.4) is 0 Å². The van der Waals surface area contributed by atoms with Crippen molar-refractivity contribution in [1.82, 2.24) is 4.90 Å². The second kappa shape index (κ2) is 9.25. The Hall–Kier alpha value is -2.53. The van der Waals surface area contributed by atoms with Gasteiger partial charge in [0.05, 0.1) is 6.54 Å². The van der Waals surface area contributed by atoms with Gasteiger partial charge in [0.15, 0.2) is 6.61 Å². The molecule has 0 aliphatic carbocycles. The normalized spacial score (nSPS) is 10.3. The lowest BCUT2D eigenvalue weighted by Gasteiger charge is -2.21. The van der Waals surface area contributed by atoms with Crippen molar-refractivity contribution in [2.45, 2.75) is 20.8 Å². The molecule has 1 N–H and O–H groups in total. The molecule has 0 atom stereocenters. The number of nitrogens with one attached hydrogen (secondary N) is 1. The highest BCUT2D eigenvalue weighted by molar-refractivity contribution is 6.31. The van der Waals surface area contributed by atoms with Gasteiger partial charge in [-0.25, -0.2) is 0 Å². The zero-order chi connectivity index (χ0) is 19.1. The Morgan fingerprint density at radius 3 is 2.54 bits per heavy atom. The Morgan fingerprint density at radius 1 is 1.12 bits per heavy atom. The first-order chi connectivity index (χ1) is 12.4. The van der Waals surface area contributed by atoms with Crippen LogP contribution in [0.25, 0.3) is 0 Å². The molecule has 138 valence electrons. The fourth-order valence-electron chi connectivity index (χ4n) is 2.42. The molecule has 0 bridgehead atoms. The van der Waals surface area contributed by atoms with E-state index in [4.69, 9.17) is 16.3 Å². The van der Waals surface area contributed by atoms with E-state index in [1.807, 2.05) is 51.1 Å². The molecule has 0 spiro atoms. The summed E-state index contributed by atoms with van der Waals surface area (Å²) in [7, 11) is 0. The van der Waals surface area contributed by atoms with Crippen LogP contribution in [0, 0.1) is 13.8 Å². The van der Waals surface area contributed by atoms with Gasteiger partial charge in [-0.15, -0.1) is 0 Å². The van der Waals surface area contributed by atoms with Crippen LogP contribution in [0.1, 0.15) is 18.1 Å². The van der Waals surface area contributed by atoms with Crippen molar-refractivity contribution in [2.24, 2.45) is 0 Å². The summed E-state index contributed by atoms with van der Waals surface area (Å²) in [6, 6.07) is 12.8. The molecule has 6 heteroatoms. The van der Waals surface area contributed by atoms with Gasteiger partial charge in [0.25, 0.3) is 5.91 Å². The van der Waals surface area contributed by atoms with Gasteiger partial charge in [-0.05, 0) is 50.1 Å². The van der Waals surface area contributed by atoms with Crippen molar-refractivity contribution in [3.63, 3.8) is 0 Å². The highest BCUT2D eigenvalue weighted by atomic mass is 35.5. The molecule has 0 fully saturated rings. The summed E-state index contributed by atoms with van der Waals surface area (Å²) in [5, 5.41) is 3.34. The Morgan fingerprint density at radius 2 is 1.85 bits per heavy atom. The zero-order valence-corrected chi connectivity index (χ0v) is 16.0. The molecule has 0 aliphatic heterocycles. The summed E-state index contributed by atoms with van der Waals surface area (Å²) in [5.74, 6) is 0.145. The maximum atomic E-state index is 12.4. The lowest BCUT2D eigenvalue weighted by Crippen LogP contribution is -2.40. The number of aryl methyl sites for hydroxylation is 2. The Bertz CT molecular complexity index is 792. The molecule has 0 saturated carbocycles. The first-order valence-corrected chi connectivity index (χ1v) is 8.80. The molecule has 0 saturated heterocycles. The van der Waals surface area contributed by atoms with Crippen molar-refractivity contribution in [3.05, 3.63) is 58.6 Å². The molecule has 26 heavy (non-hydrogen) atoms. The number of ether oxygens (including phenoxy) is 1. The van der Waals surface area contributed by atoms with E-state index in [-0.39, 0.29) is 25.0 Å². The van der Waals surface area contributed by atoms with Crippen molar-refractivity contribution in [3.8, 4) is 5.75 Å². The molecule has 0 heterocycles. The molecular weight excluding hydrogens is 352 g/mol. The van der Waals surface area contributed by atoms with Crippen LogP contribution in [-0.2, 0) is 9.59 Å². The lowest BCUT2D eigenvalue weighted by atomic mass is 10.2. The molecule has 5 nitrogen and oxygen atoms in total. The summed E-state index contributed by atoms with van der Waals surface area (Å²) in [5.41, 5.74) is 2.50. The van der Waals surface area contributed by atoms with Crippen LogP contribution in [0.4, 0.5) is 5.69 Å². The molecular formula is C20H23ClN2O3. The fraction of sp³-hybridized carbons (Fsp3) is 0.300. The standard InChI is InChI=1S/C20H23ClN2O3/c1-4-23(20(25)13-26-18-8-6-5-7-15(18)3)12-19(24)22-17-11-16(21)10-9-14(17)2/h5-11H,4,12-13H2,1-3H3,(H,22,24). The predicted octanol–water partition coefficient (Wildman–Crippen LogP) is 3.82. The van der Waals surface area contributed by atoms with E-state index in [0.717, 1.165) is 11.1 Å². The number of likely N-dealkylation sites (N-methyl/N-ethyl adjacent to an activating group) is 1. The van der Waals surface area contributed by atoms with E-state index in [2.05, 4.69) is 5.32 Å². The first kappa shape index (κ1) is 19.8. The zero-order valence-electron chi connectivity index (χ0n) is 15.2. The van der Waals surface area contributed by atoms with Crippen LogP contribution in [-0.4, -0.2) is 36.4 Å². The number of carbonyl (C=O) groups is 2. The predicted molar refractivity (Wildman–Crippen MR) is 104 cm³/mol. The number of halogens is 1. The maximum Gasteiger partial charge on any atom is 0.260 e. The van der Waals surface area contributed by atoms with Crippen LogP contribution in [0.5, 0.6) is 5.75 Å². The molecule has 0 aliphatic rings. The van der Waals surface area contributed by atoms with Gasteiger partial charge in [0, 0.05) is 17.3 Å². The molecule has 2 aromatic carbocycles. The number of hydrogen-bond acceptors (Lipinski definition) is 3. The Kier molecular flexibility index (Phi) is 7.04. The third kappa shape index (κ3) is 5.49. The molecule has 0 unspecified atom stereocenters. The largest absolute Gasteiger partial charge is 0.484 e. The number of carbonyl (C=O) groups excluding carboxylic acids is 2. The van der Waals surface area contributed by atoms with E-state index in [1.165, 1.54) is 4.90 Å². The Labute approximate surface area is 158 Å². The fourth-order valence-corrected chi connectivity index (χ4v) is 2.59. The van der Waals surface area contributed by atoms with Gasteiger partial charge < -0.3 is 15.0 Å². The van der Waals surface area contributed by atoms with Gasteiger partial charge in [-0.2, -0.15) is 0 Å². The first-order valence-electron chi connectivity index (χ1n) is 8.43. The summed E-state index contributed by atoms with van der Waals surface area (Å²) in [6.45, 7) is 5.88. The minimum Gasteiger partial charge on any atom is -0.484 e. The van der Waals surface area contributed by atoms with Crippen LogP contribution >= 0.6 is 11.6 Å². The van der Waals surface area contributed by atoms with Gasteiger partial charge >= 0.3 is 0 Å². The van der Waals surface area contributed by atoms with E-state index >= 15 is 0 Å². The van der Waals surface area contributed by atoms with Gasteiger partial charge in [0.2, 0.25) is 5.91 Å². The maximum absolute atomic E-state index is 12.4. The van der Waals surface area contributed by atoms with E-state index in [0.29, 0.717) is 23.0 Å². The third-order valence-corrected chi connectivity index (χ3v) is 4.22. The van der Waals surface area contributed by atoms with Crippen LogP contribution in [0.15, 0.2) is 42.5 Å². The summed E-state index contributed by atoms with van der Waals surface area (Å²) < 4.78 is 5.58. The molecule has 2 rings (SSSR count). The van der Waals surface area contributed by atoms with Crippen molar-refractivity contribution in [2.75, 3.05) is 25.0 Å². The van der Waals surface area contributed by atoms with Gasteiger partial charge in [-0.1, -0.05) is 35.9 Å². The monoisotopic (exact) mass is 374 g/mol. The van der Waals surface area contributed by atoms with E-state index in [9.17, 15) is 9.59 Å². The van der Waals surface area contributed by atoms with Crippen LogP contribution in [0.2, 0.25) is 5.02 Å². The second-order valence-electron chi connectivity index (χ2n) is 5.97. The highest BCUT2D eigenvalue weighted by Crippen LogP contribution is 2.20. The topological polar surface area (TPSA) is 58.6 Å². The minimum atomic E-state index is -0.276. The summed E-state index contributed by atoms with van der Waals surface area (Å²) in [6.07, 6.45) is 0. The molecule has 0 aromatic heterocycles. The van der Waals surface area contributed by atoms with Crippen molar-refractivity contribution >= 4 is 29.1 Å².